The Labute approximate surface area is 104 Å². The summed E-state index contributed by atoms with van der Waals surface area (Å²) < 4.78 is 0. The number of aryl methyl sites for hydroxylation is 1. The van der Waals surface area contributed by atoms with Crippen molar-refractivity contribution in [3.63, 3.8) is 0 Å². The number of hydrogen-bond donors (Lipinski definition) is 1. The average Bonchev–Trinajstić information content (AvgIpc) is 2.73. The fraction of sp³-hybridized carbons (Fsp3) is 0.250. The minimum Gasteiger partial charge on any atom is -0.331 e. The van der Waals surface area contributed by atoms with Crippen LogP contribution in [0, 0.1) is 13.8 Å². The third kappa shape index (κ3) is 2.36. The Kier molecular flexibility index (Phi) is 3.46. The molecule has 0 saturated heterocycles. The van der Waals surface area contributed by atoms with Crippen LogP contribution in [0.2, 0.25) is 0 Å². The van der Waals surface area contributed by atoms with E-state index in [1.54, 1.807) is 11.3 Å². The number of aromatic nitrogens is 1. The highest BCUT2D eigenvalue weighted by atomic mass is 35.5. The lowest BCUT2D eigenvalue weighted by Crippen LogP contribution is -1.94. The highest BCUT2D eigenvalue weighted by Gasteiger charge is 2.04. The number of nitrogens with zero attached hydrogens (tertiary/aromatic N) is 1. The highest BCUT2D eigenvalue weighted by molar-refractivity contribution is 7.13. The highest BCUT2D eigenvalue weighted by Crippen LogP contribution is 2.25. The summed E-state index contributed by atoms with van der Waals surface area (Å²) in [6, 6.07) is 6.21. The summed E-state index contributed by atoms with van der Waals surface area (Å²) >= 11 is 7.29. The summed E-state index contributed by atoms with van der Waals surface area (Å²) in [5.74, 6) is 0.463. The van der Waals surface area contributed by atoms with Crippen LogP contribution in [0.15, 0.2) is 23.6 Å². The van der Waals surface area contributed by atoms with Crippen molar-refractivity contribution < 1.29 is 0 Å². The molecule has 2 nitrogen and oxygen atoms in total. The zero-order valence-electron chi connectivity index (χ0n) is 9.25. The lowest BCUT2D eigenvalue weighted by molar-refractivity contribution is 1.22. The fourth-order valence-corrected chi connectivity index (χ4v) is 2.38. The fourth-order valence-electron chi connectivity index (χ4n) is 1.43. The van der Waals surface area contributed by atoms with E-state index in [1.165, 1.54) is 11.1 Å². The van der Waals surface area contributed by atoms with Crippen molar-refractivity contribution in [1.82, 2.24) is 4.98 Å². The van der Waals surface area contributed by atoms with Gasteiger partial charge in [0.15, 0.2) is 5.13 Å². The molecule has 84 valence electrons. The predicted molar refractivity (Wildman–Crippen MR) is 70.9 cm³/mol. The summed E-state index contributed by atoms with van der Waals surface area (Å²) in [6.07, 6.45) is 0. The van der Waals surface area contributed by atoms with Gasteiger partial charge in [-0.25, -0.2) is 4.98 Å². The molecule has 1 aromatic carbocycles. The second kappa shape index (κ2) is 4.85. The molecule has 0 atom stereocenters. The molecule has 1 heterocycles. The second-order valence-electron chi connectivity index (χ2n) is 3.65. The van der Waals surface area contributed by atoms with E-state index in [0.29, 0.717) is 5.88 Å². The molecular weight excluding hydrogens is 240 g/mol. The maximum atomic E-state index is 5.72. The van der Waals surface area contributed by atoms with Gasteiger partial charge in [-0.2, -0.15) is 0 Å². The summed E-state index contributed by atoms with van der Waals surface area (Å²) in [7, 11) is 0. The van der Waals surface area contributed by atoms with E-state index in [4.69, 9.17) is 11.6 Å². The molecule has 0 aliphatic carbocycles. The van der Waals surface area contributed by atoms with Gasteiger partial charge in [0.25, 0.3) is 0 Å². The van der Waals surface area contributed by atoms with Crippen LogP contribution in [0.3, 0.4) is 0 Å². The van der Waals surface area contributed by atoms with Crippen LogP contribution in [0.4, 0.5) is 10.8 Å². The minimum absolute atomic E-state index is 0.463. The van der Waals surface area contributed by atoms with Gasteiger partial charge in [-0.1, -0.05) is 12.1 Å². The third-order valence-corrected chi connectivity index (χ3v) is 3.62. The number of benzene rings is 1. The lowest BCUT2D eigenvalue weighted by Gasteiger charge is -2.08. The van der Waals surface area contributed by atoms with E-state index in [-0.39, 0.29) is 0 Å². The van der Waals surface area contributed by atoms with Crippen LogP contribution < -0.4 is 5.32 Å². The largest absolute Gasteiger partial charge is 0.331 e. The molecule has 0 amide bonds. The molecule has 0 spiro atoms. The Hall–Kier alpha value is -1.06. The quantitative estimate of drug-likeness (QED) is 0.827. The Bertz CT molecular complexity index is 494. The van der Waals surface area contributed by atoms with Crippen molar-refractivity contribution in [2.75, 3.05) is 5.32 Å². The number of hydrogen-bond acceptors (Lipinski definition) is 3. The van der Waals surface area contributed by atoms with Crippen molar-refractivity contribution in [1.29, 1.82) is 0 Å². The Morgan fingerprint density at radius 3 is 2.88 bits per heavy atom. The first-order valence-electron chi connectivity index (χ1n) is 5.04. The Balaban J connectivity index is 2.23. The Morgan fingerprint density at radius 1 is 1.38 bits per heavy atom. The van der Waals surface area contributed by atoms with Gasteiger partial charge in [-0.15, -0.1) is 22.9 Å². The van der Waals surface area contributed by atoms with Crippen molar-refractivity contribution in [3.8, 4) is 0 Å². The first kappa shape index (κ1) is 11.4. The number of halogens is 1. The van der Waals surface area contributed by atoms with Crippen molar-refractivity contribution in [3.05, 3.63) is 40.4 Å². The predicted octanol–water partition coefficient (Wildman–Crippen LogP) is 4.24. The van der Waals surface area contributed by atoms with Crippen LogP contribution in [0.5, 0.6) is 0 Å². The molecule has 4 heteroatoms. The van der Waals surface area contributed by atoms with Crippen LogP contribution >= 0.6 is 22.9 Å². The zero-order valence-corrected chi connectivity index (χ0v) is 10.8. The van der Waals surface area contributed by atoms with Crippen LogP contribution in [0.25, 0.3) is 0 Å². The molecule has 0 bridgehead atoms. The maximum absolute atomic E-state index is 5.72. The topological polar surface area (TPSA) is 24.9 Å². The Morgan fingerprint density at radius 2 is 2.19 bits per heavy atom. The van der Waals surface area contributed by atoms with Gasteiger partial charge >= 0.3 is 0 Å². The molecule has 0 fully saturated rings. The second-order valence-corrected chi connectivity index (χ2v) is 4.78. The van der Waals surface area contributed by atoms with E-state index in [9.17, 15) is 0 Å². The molecule has 16 heavy (non-hydrogen) atoms. The molecule has 0 unspecified atom stereocenters. The van der Waals surface area contributed by atoms with Crippen LogP contribution in [-0.4, -0.2) is 4.98 Å². The van der Waals surface area contributed by atoms with Crippen LogP contribution in [0.1, 0.15) is 16.8 Å². The molecular formula is C12H13ClN2S. The maximum Gasteiger partial charge on any atom is 0.187 e. The standard InChI is InChI=1S/C12H13ClN2S/c1-8-4-3-5-11(9(8)2)15-12-14-10(6-13)7-16-12/h3-5,7H,6H2,1-2H3,(H,14,15). The summed E-state index contributed by atoms with van der Waals surface area (Å²) in [6.45, 7) is 4.21. The molecule has 0 radical (unpaired) electrons. The summed E-state index contributed by atoms with van der Waals surface area (Å²) in [5.41, 5.74) is 4.55. The SMILES string of the molecule is Cc1cccc(Nc2nc(CCl)cs2)c1C. The normalized spacial score (nSPS) is 10.4. The van der Waals surface area contributed by atoms with Gasteiger partial charge in [-0.3, -0.25) is 0 Å². The average molecular weight is 253 g/mol. The summed E-state index contributed by atoms with van der Waals surface area (Å²) in [4.78, 5) is 4.37. The van der Waals surface area contributed by atoms with E-state index in [0.717, 1.165) is 16.5 Å². The monoisotopic (exact) mass is 252 g/mol. The van der Waals surface area contributed by atoms with Gasteiger partial charge < -0.3 is 5.32 Å². The van der Waals surface area contributed by atoms with Gasteiger partial charge in [0.1, 0.15) is 0 Å². The minimum atomic E-state index is 0.463. The molecule has 0 saturated carbocycles. The van der Waals surface area contributed by atoms with Gasteiger partial charge in [0.05, 0.1) is 11.6 Å². The van der Waals surface area contributed by atoms with Gasteiger partial charge in [-0.05, 0) is 31.0 Å². The molecule has 0 aliphatic rings. The van der Waals surface area contributed by atoms with E-state index in [2.05, 4.69) is 36.3 Å². The number of alkyl halides is 1. The number of anilines is 2. The number of thiazole rings is 1. The first-order chi connectivity index (χ1) is 7.70. The van der Waals surface area contributed by atoms with Crippen molar-refractivity contribution in [2.45, 2.75) is 19.7 Å². The van der Waals surface area contributed by atoms with Crippen LogP contribution in [-0.2, 0) is 5.88 Å². The first-order valence-corrected chi connectivity index (χ1v) is 6.45. The van der Waals surface area contributed by atoms with Crippen molar-refractivity contribution >= 4 is 33.8 Å². The van der Waals surface area contributed by atoms with E-state index >= 15 is 0 Å². The number of rotatable bonds is 3. The molecule has 1 N–H and O–H groups in total. The molecule has 1 aromatic heterocycles. The van der Waals surface area contributed by atoms with Crippen molar-refractivity contribution in [2.24, 2.45) is 0 Å². The summed E-state index contributed by atoms with van der Waals surface area (Å²) in [5, 5.41) is 6.18. The zero-order chi connectivity index (χ0) is 11.5. The molecule has 2 aromatic rings. The lowest BCUT2D eigenvalue weighted by atomic mass is 10.1. The van der Waals surface area contributed by atoms with Gasteiger partial charge in [0, 0.05) is 11.1 Å². The molecule has 0 aliphatic heterocycles. The van der Waals surface area contributed by atoms with E-state index in [1.807, 2.05) is 11.4 Å². The van der Waals surface area contributed by atoms with Gasteiger partial charge in [0.2, 0.25) is 0 Å². The molecule has 2 rings (SSSR count). The number of nitrogens with one attached hydrogen (secondary N) is 1. The third-order valence-electron chi connectivity index (χ3n) is 2.53. The van der Waals surface area contributed by atoms with E-state index < -0.39 is 0 Å². The smallest absolute Gasteiger partial charge is 0.187 e.